The Hall–Kier alpha value is -1.85. The number of hydrogen-bond acceptors (Lipinski definition) is 5. The lowest BCUT2D eigenvalue weighted by atomic mass is 10.0. The first-order valence-corrected chi connectivity index (χ1v) is 9.23. The average Bonchev–Trinajstić information content (AvgIpc) is 3.19. The van der Waals surface area contributed by atoms with E-state index in [4.69, 9.17) is 21.1 Å². The number of piperidine rings is 1. The molecule has 0 saturated carbocycles. The summed E-state index contributed by atoms with van der Waals surface area (Å²) in [5.41, 5.74) is 1.09. The van der Waals surface area contributed by atoms with E-state index >= 15 is 0 Å². The van der Waals surface area contributed by atoms with Crippen LogP contribution in [-0.2, 0) is 4.74 Å². The van der Waals surface area contributed by atoms with Gasteiger partial charge in [-0.15, -0.1) is 0 Å². The lowest BCUT2D eigenvalue weighted by Gasteiger charge is -2.33. The Labute approximate surface area is 152 Å². The highest BCUT2D eigenvalue weighted by Crippen LogP contribution is 2.29. The Balaban J connectivity index is 1.37. The Morgan fingerprint density at radius 3 is 2.72 bits per heavy atom. The van der Waals surface area contributed by atoms with Crippen LogP contribution < -0.4 is 9.64 Å². The molecule has 2 aromatic rings. The maximum absolute atomic E-state index is 6.19. The Morgan fingerprint density at radius 2 is 1.96 bits per heavy atom. The zero-order valence-electron chi connectivity index (χ0n) is 14.1. The highest BCUT2D eigenvalue weighted by atomic mass is 35.5. The topological polar surface area (TPSA) is 47.5 Å². The van der Waals surface area contributed by atoms with Gasteiger partial charge in [-0.3, -0.25) is 0 Å². The highest BCUT2D eigenvalue weighted by Gasteiger charge is 2.24. The normalized spacial score (nSPS) is 21.5. The summed E-state index contributed by atoms with van der Waals surface area (Å²) < 4.78 is 11.5. The summed E-state index contributed by atoms with van der Waals surface area (Å²) in [6.07, 6.45) is 4.83. The van der Waals surface area contributed by atoms with Crippen molar-refractivity contribution in [2.45, 2.75) is 31.3 Å². The van der Waals surface area contributed by atoms with E-state index in [1.165, 1.54) is 0 Å². The second-order valence-electron chi connectivity index (χ2n) is 6.60. The summed E-state index contributed by atoms with van der Waals surface area (Å²) in [6.45, 7) is 3.44. The van der Waals surface area contributed by atoms with Gasteiger partial charge in [0.2, 0.25) is 0 Å². The lowest BCUT2D eigenvalue weighted by Crippen LogP contribution is -2.38. The smallest absolute Gasteiger partial charge is 0.138 e. The van der Waals surface area contributed by atoms with Gasteiger partial charge in [-0.1, -0.05) is 23.7 Å². The van der Waals surface area contributed by atoms with Gasteiger partial charge in [0, 0.05) is 44.5 Å². The van der Waals surface area contributed by atoms with Crippen LogP contribution in [0.3, 0.4) is 0 Å². The standard InChI is InChI=1S/C19H22ClN3O2/c20-16-3-1-2-4-18(16)25-15-5-8-23(9-6-15)19-11-17(21-13-22-19)14-7-10-24-12-14/h1-4,11,13-15H,5-10,12H2. The maximum Gasteiger partial charge on any atom is 0.138 e. The van der Waals surface area contributed by atoms with Gasteiger partial charge in [0.1, 0.15) is 24.0 Å². The number of benzene rings is 1. The number of aromatic nitrogens is 2. The van der Waals surface area contributed by atoms with Crippen LogP contribution in [0, 0.1) is 0 Å². The van der Waals surface area contributed by atoms with Crippen LogP contribution in [0.2, 0.25) is 5.02 Å². The van der Waals surface area contributed by atoms with E-state index in [1.807, 2.05) is 24.3 Å². The van der Waals surface area contributed by atoms with E-state index in [9.17, 15) is 0 Å². The van der Waals surface area contributed by atoms with Crippen molar-refractivity contribution in [2.24, 2.45) is 0 Å². The van der Waals surface area contributed by atoms with Crippen LogP contribution >= 0.6 is 11.6 Å². The second-order valence-corrected chi connectivity index (χ2v) is 7.00. The number of nitrogens with zero attached hydrogens (tertiary/aromatic N) is 3. The third-order valence-electron chi connectivity index (χ3n) is 4.92. The molecule has 25 heavy (non-hydrogen) atoms. The van der Waals surface area contributed by atoms with Gasteiger partial charge in [0.15, 0.2) is 0 Å². The predicted molar refractivity (Wildman–Crippen MR) is 97.5 cm³/mol. The van der Waals surface area contributed by atoms with Crippen LogP contribution in [0.1, 0.15) is 30.9 Å². The van der Waals surface area contributed by atoms with E-state index in [1.54, 1.807) is 6.33 Å². The van der Waals surface area contributed by atoms with Crippen LogP contribution in [0.4, 0.5) is 5.82 Å². The fourth-order valence-electron chi connectivity index (χ4n) is 3.45. The summed E-state index contributed by atoms with van der Waals surface area (Å²) in [5.74, 6) is 2.18. The molecule has 0 bridgehead atoms. The molecule has 1 atom stereocenters. The van der Waals surface area contributed by atoms with Crippen LogP contribution in [0.15, 0.2) is 36.7 Å². The van der Waals surface area contributed by atoms with Crippen LogP contribution in [-0.4, -0.2) is 42.4 Å². The van der Waals surface area contributed by atoms with E-state index in [-0.39, 0.29) is 6.10 Å². The SMILES string of the molecule is Clc1ccccc1OC1CCN(c2cc(C3CCOC3)ncn2)CC1. The molecule has 0 radical (unpaired) electrons. The first-order chi connectivity index (χ1) is 12.3. The minimum atomic E-state index is 0.195. The molecule has 0 spiro atoms. The molecule has 2 fully saturated rings. The molecule has 4 rings (SSSR count). The van der Waals surface area contributed by atoms with Crippen molar-refractivity contribution in [1.82, 2.24) is 9.97 Å². The number of rotatable bonds is 4. The largest absolute Gasteiger partial charge is 0.489 e. The molecule has 2 aliphatic heterocycles. The molecule has 2 saturated heterocycles. The van der Waals surface area contributed by atoms with Crippen molar-refractivity contribution in [3.8, 4) is 5.75 Å². The summed E-state index contributed by atoms with van der Waals surface area (Å²) in [7, 11) is 0. The second kappa shape index (κ2) is 7.58. The fraction of sp³-hybridized carbons (Fsp3) is 0.474. The number of anilines is 1. The van der Waals surface area contributed by atoms with Gasteiger partial charge in [-0.2, -0.15) is 0 Å². The fourth-order valence-corrected chi connectivity index (χ4v) is 3.63. The van der Waals surface area contributed by atoms with Crippen molar-refractivity contribution in [2.75, 3.05) is 31.2 Å². The van der Waals surface area contributed by atoms with E-state index in [0.717, 1.165) is 62.8 Å². The predicted octanol–water partition coefficient (Wildman–Crippen LogP) is 3.68. The first kappa shape index (κ1) is 16.6. The van der Waals surface area contributed by atoms with Gasteiger partial charge in [0.25, 0.3) is 0 Å². The van der Waals surface area contributed by atoms with E-state index < -0.39 is 0 Å². The van der Waals surface area contributed by atoms with Crippen LogP contribution in [0.25, 0.3) is 0 Å². The minimum Gasteiger partial charge on any atom is -0.489 e. The molecule has 132 valence electrons. The molecule has 0 aliphatic carbocycles. The summed E-state index contributed by atoms with van der Waals surface area (Å²) in [4.78, 5) is 11.2. The average molecular weight is 360 g/mol. The maximum atomic E-state index is 6.19. The lowest BCUT2D eigenvalue weighted by molar-refractivity contribution is 0.171. The summed E-state index contributed by atoms with van der Waals surface area (Å²) >= 11 is 6.19. The first-order valence-electron chi connectivity index (χ1n) is 8.85. The van der Waals surface area contributed by atoms with Crippen molar-refractivity contribution >= 4 is 17.4 Å². The number of para-hydroxylation sites is 1. The molecular formula is C19H22ClN3O2. The molecule has 1 aromatic carbocycles. The summed E-state index contributed by atoms with van der Waals surface area (Å²) in [6, 6.07) is 9.77. The summed E-state index contributed by atoms with van der Waals surface area (Å²) in [5, 5.41) is 0.671. The molecule has 5 nitrogen and oxygen atoms in total. The quantitative estimate of drug-likeness (QED) is 0.833. The third-order valence-corrected chi connectivity index (χ3v) is 5.23. The van der Waals surface area contributed by atoms with Gasteiger partial charge < -0.3 is 14.4 Å². The molecule has 0 amide bonds. The Kier molecular flexibility index (Phi) is 5.04. The molecule has 1 unspecified atom stereocenters. The van der Waals surface area contributed by atoms with Gasteiger partial charge in [-0.25, -0.2) is 9.97 Å². The number of halogens is 1. The zero-order chi connectivity index (χ0) is 17.1. The van der Waals surface area contributed by atoms with Crippen molar-refractivity contribution in [1.29, 1.82) is 0 Å². The van der Waals surface area contributed by atoms with Gasteiger partial charge in [0.05, 0.1) is 17.3 Å². The Bertz CT molecular complexity index is 713. The minimum absolute atomic E-state index is 0.195. The number of ether oxygens (including phenoxy) is 2. The van der Waals surface area contributed by atoms with E-state index in [0.29, 0.717) is 10.9 Å². The number of hydrogen-bond donors (Lipinski definition) is 0. The molecule has 2 aliphatic rings. The van der Waals surface area contributed by atoms with E-state index in [2.05, 4.69) is 20.9 Å². The Morgan fingerprint density at radius 1 is 1.12 bits per heavy atom. The molecular weight excluding hydrogens is 338 g/mol. The van der Waals surface area contributed by atoms with Crippen molar-refractivity contribution in [3.05, 3.63) is 47.4 Å². The molecule has 0 N–H and O–H groups in total. The van der Waals surface area contributed by atoms with Crippen LogP contribution in [0.5, 0.6) is 5.75 Å². The molecule has 1 aromatic heterocycles. The molecule has 3 heterocycles. The van der Waals surface area contributed by atoms with Crippen molar-refractivity contribution in [3.63, 3.8) is 0 Å². The third kappa shape index (κ3) is 3.88. The zero-order valence-corrected chi connectivity index (χ0v) is 14.9. The van der Waals surface area contributed by atoms with Gasteiger partial charge >= 0.3 is 0 Å². The van der Waals surface area contributed by atoms with Gasteiger partial charge in [-0.05, 0) is 18.6 Å². The molecule has 6 heteroatoms. The highest BCUT2D eigenvalue weighted by molar-refractivity contribution is 6.32. The monoisotopic (exact) mass is 359 g/mol. The van der Waals surface area contributed by atoms with Crippen molar-refractivity contribution < 1.29 is 9.47 Å².